The quantitative estimate of drug-likeness (QED) is 0.656. The van der Waals surface area contributed by atoms with Gasteiger partial charge in [-0.05, 0) is 70.3 Å². The Morgan fingerprint density at radius 3 is 2.71 bits per heavy atom. The first-order chi connectivity index (χ1) is 15.1. The van der Waals surface area contributed by atoms with Gasteiger partial charge in [0.2, 0.25) is 5.91 Å². The number of imide groups is 1. The molecule has 4 heterocycles. The number of carbonyl (C=O) groups is 2. The Morgan fingerprint density at radius 1 is 1.06 bits per heavy atom. The summed E-state index contributed by atoms with van der Waals surface area (Å²) in [5, 5.41) is 5.13. The Morgan fingerprint density at radius 2 is 1.87 bits per heavy atom. The Bertz CT molecular complexity index is 969. The molecule has 7 nitrogen and oxygen atoms in total. The van der Waals surface area contributed by atoms with Crippen LogP contribution in [0.25, 0.3) is 11.0 Å². The third kappa shape index (κ3) is 4.05. The molecule has 0 aliphatic carbocycles. The van der Waals surface area contributed by atoms with Crippen LogP contribution in [0.5, 0.6) is 0 Å². The first-order valence-electron chi connectivity index (χ1n) is 11.5. The highest BCUT2D eigenvalue weighted by atomic mass is 19.1. The van der Waals surface area contributed by atoms with Crippen molar-refractivity contribution in [2.75, 3.05) is 32.7 Å². The second kappa shape index (κ2) is 8.57. The normalized spacial score (nSPS) is 23.2. The van der Waals surface area contributed by atoms with Gasteiger partial charge >= 0.3 is 6.03 Å². The van der Waals surface area contributed by atoms with Gasteiger partial charge in [0.15, 0.2) is 5.58 Å². The number of fused-ring (bicyclic) bond motifs is 2. The van der Waals surface area contributed by atoms with Gasteiger partial charge in [0.1, 0.15) is 5.82 Å². The minimum absolute atomic E-state index is 0.00585. The number of likely N-dealkylation sites (tertiary alicyclic amines) is 1. The summed E-state index contributed by atoms with van der Waals surface area (Å²) < 4.78 is 18.7. The topological polar surface area (TPSA) is 69.9 Å². The van der Waals surface area contributed by atoms with Crippen LogP contribution >= 0.6 is 0 Å². The Balaban J connectivity index is 1.07. The number of carbonyl (C=O) groups excluding carboxylic acids is 2. The number of halogens is 1. The van der Waals surface area contributed by atoms with E-state index in [4.69, 9.17) is 4.52 Å². The van der Waals surface area contributed by atoms with E-state index in [0.717, 1.165) is 75.8 Å². The van der Waals surface area contributed by atoms with Crippen LogP contribution in [0.2, 0.25) is 0 Å². The molecular weight excluding hydrogens is 399 g/mol. The average Bonchev–Trinajstić information content (AvgIpc) is 3.40. The predicted molar refractivity (Wildman–Crippen MR) is 113 cm³/mol. The van der Waals surface area contributed by atoms with Crippen LogP contribution in [0.1, 0.15) is 56.6 Å². The third-order valence-corrected chi connectivity index (χ3v) is 7.11. The van der Waals surface area contributed by atoms with Crippen molar-refractivity contribution in [1.29, 1.82) is 0 Å². The predicted octanol–water partition coefficient (Wildman–Crippen LogP) is 3.74. The molecule has 1 atom stereocenters. The number of amides is 3. The van der Waals surface area contributed by atoms with E-state index in [-0.39, 0.29) is 23.8 Å². The highest BCUT2D eigenvalue weighted by Gasteiger charge is 2.40. The molecule has 3 amide bonds. The Hall–Kier alpha value is -2.48. The van der Waals surface area contributed by atoms with Crippen molar-refractivity contribution >= 4 is 22.9 Å². The molecule has 0 radical (unpaired) electrons. The van der Waals surface area contributed by atoms with Crippen molar-refractivity contribution in [1.82, 2.24) is 19.9 Å². The Kier molecular flexibility index (Phi) is 5.65. The summed E-state index contributed by atoms with van der Waals surface area (Å²) in [5.74, 6) is 0.0202. The number of unbranched alkanes of at least 4 members (excludes halogenated alkanes) is 1. The number of urea groups is 1. The molecule has 1 unspecified atom stereocenters. The lowest BCUT2D eigenvalue weighted by atomic mass is 9.91. The number of aromatic nitrogens is 1. The van der Waals surface area contributed by atoms with E-state index in [1.807, 2.05) is 4.90 Å². The van der Waals surface area contributed by atoms with Gasteiger partial charge < -0.3 is 14.3 Å². The van der Waals surface area contributed by atoms with Gasteiger partial charge in [-0.1, -0.05) is 5.16 Å². The zero-order chi connectivity index (χ0) is 21.4. The summed E-state index contributed by atoms with van der Waals surface area (Å²) in [6, 6.07) is 4.66. The maximum Gasteiger partial charge on any atom is 0.326 e. The summed E-state index contributed by atoms with van der Waals surface area (Å²) in [6.07, 6.45) is 6.27. The SMILES string of the molecule is O=C1CC2CCCN2C(=O)N1CCCCN1CCC(c2noc3cc(F)ccc23)CC1. The zero-order valence-electron chi connectivity index (χ0n) is 17.8. The maximum atomic E-state index is 13.4. The van der Waals surface area contributed by atoms with Gasteiger partial charge in [-0.3, -0.25) is 9.69 Å². The molecule has 8 heteroatoms. The molecule has 0 bridgehead atoms. The highest BCUT2D eigenvalue weighted by Crippen LogP contribution is 2.33. The summed E-state index contributed by atoms with van der Waals surface area (Å²) in [7, 11) is 0. The van der Waals surface area contributed by atoms with E-state index in [1.165, 1.54) is 17.0 Å². The van der Waals surface area contributed by atoms with Crippen molar-refractivity contribution in [3.63, 3.8) is 0 Å². The molecule has 3 fully saturated rings. The van der Waals surface area contributed by atoms with E-state index in [1.54, 1.807) is 6.07 Å². The van der Waals surface area contributed by atoms with Crippen LogP contribution in [0.15, 0.2) is 22.7 Å². The molecule has 166 valence electrons. The van der Waals surface area contributed by atoms with Crippen molar-refractivity contribution in [2.24, 2.45) is 0 Å². The monoisotopic (exact) mass is 428 g/mol. The standard InChI is InChI=1S/C23H29FN4O3/c24-17-5-6-19-20(14-17)31-25-22(19)16-7-12-26(13-8-16)9-1-2-10-28-21(29)15-18-4-3-11-27(18)23(28)30/h5-6,14,16,18H,1-4,7-13,15H2. The lowest BCUT2D eigenvalue weighted by Gasteiger charge is -2.36. The molecule has 0 saturated carbocycles. The molecule has 3 aliphatic rings. The molecule has 1 aromatic carbocycles. The largest absolute Gasteiger partial charge is 0.356 e. The van der Waals surface area contributed by atoms with Gasteiger partial charge in [-0.25, -0.2) is 9.18 Å². The van der Waals surface area contributed by atoms with Crippen LogP contribution in [0.4, 0.5) is 9.18 Å². The number of hydrogen-bond donors (Lipinski definition) is 0. The highest BCUT2D eigenvalue weighted by molar-refractivity contribution is 5.97. The van der Waals surface area contributed by atoms with Gasteiger partial charge in [-0.15, -0.1) is 0 Å². The maximum absolute atomic E-state index is 13.4. The van der Waals surface area contributed by atoms with Crippen LogP contribution in [-0.4, -0.2) is 70.6 Å². The summed E-state index contributed by atoms with van der Waals surface area (Å²) in [6.45, 7) is 4.26. The van der Waals surface area contributed by atoms with Gasteiger partial charge in [0.05, 0.1) is 5.69 Å². The number of benzene rings is 1. The first-order valence-corrected chi connectivity index (χ1v) is 11.5. The zero-order valence-corrected chi connectivity index (χ0v) is 17.8. The van der Waals surface area contributed by atoms with Crippen molar-refractivity contribution in [3.8, 4) is 0 Å². The van der Waals surface area contributed by atoms with E-state index < -0.39 is 0 Å². The van der Waals surface area contributed by atoms with Crippen LogP contribution in [-0.2, 0) is 4.79 Å². The number of hydrogen-bond acceptors (Lipinski definition) is 5. The number of nitrogens with zero attached hydrogens (tertiary/aromatic N) is 4. The molecule has 31 heavy (non-hydrogen) atoms. The number of piperidine rings is 1. The summed E-state index contributed by atoms with van der Waals surface area (Å²) in [4.78, 5) is 30.7. The van der Waals surface area contributed by atoms with E-state index >= 15 is 0 Å². The molecular formula is C23H29FN4O3. The molecule has 3 aliphatic heterocycles. The molecule has 5 rings (SSSR count). The van der Waals surface area contributed by atoms with Crippen molar-refractivity contribution in [2.45, 2.75) is 56.9 Å². The van der Waals surface area contributed by atoms with Crippen LogP contribution < -0.4 is 0 Å². The van der Waals surface area contributed by atoms with Gasteiger partial charge in [-0.2, -0.15) is 0 Å². The summed E-state index contributed by atoms with van der Waals surface area (Å²) in [5.41, 5.74) is 1.46. The smallest absolute Gasteiger partial charge is 0.326 e. The molecule has 0 spiro atoms. The molecule has 2 aromatic rings. The lowest BCUT2D eigenvalue weighted by molar-refractivity contribution is -0.132. The summed E-state index contributed by atoms with van der Waals surface area (Å²) >= 11 is 0. The van der Waals surface area contributed by atoms with Crippen LogP contribution in [0.3, 0.4) is 0 Å². The fraction of sp³-hybridized carbons (Fsp3) is 0.609. The van der Waals surface area contributed by atoms with Crippen molar-refractivity contribution < 1.29 is 18.5 Å². The van der Waals surface area contributed by atoms with Gasteiger partial charge in [0.25, 0.3) is 0 Å². The minimum atomic E-state index is -0.307. The second-order valence-electron chi connectivity index (χ2n) is 9.05. The molecule has 1 aromatic heterocycles. The molecule has 3 saturated heterocycles. The lowest BCUT2D eigenvalue weighted by Crippen LogP contribution is -2.54. The van der Waals surface area contributed by atoms with E-state index in [0.29, 0.717) is 24.5 Å². The van der Waals surface area contributed by atoms with E-state index in [2.05, 4.69) is 10.1 Å². The average molecular weight is 429 g/mol. The minimum Gasteiger partial charge on any atom is -0.356 e. The van der Waals surface area contributed by atoms with Gasteiger partial charge in [0, 0.05) is 42.9 Å². The first kappa shape index (κ1) is 20.4. The second-order valence-corrected chi connectivity index (χ2v) is 9.05. The third-order valence-electron chi connectivity index (χ3n) is 7.11. The van der Waals surface area contributed by atoms with Crippen molar-refractivity contribution in [3.05, 3.63) is 29.7 Å². The fourth-order valence-corrected chi connectivity index (χ4v) is 5.35. The fourth-order valence-electron chi connectivity index (χ4n) is 5.35. The molecule has 0 N–H and O–H groups in total. The van der Waals surface area contributed by atoms with Crippen LogP contribution in [0, 0.1) is 5.82 Å². The van der Waals surface area contributed by atoms with E-state index in [9.17, 15) is 14.0 Å². The Labute approximate surface area is 181 Å². The number of rotatable bonds is 6.